The highest BCUT2D eigenvalue weighted by Crippen LogP contribution is 2.35. The minimum atomic E-state index is -0.269. The number of likely N-dealkylation sites (tertiary alicyclic amines) is 1. The summed E-state index contributed by atoms with van der Waals surface area (Å²) in [4.78, 5) is 13.2. The van der Waals surface area contributed by atoms with Crippen molar-refractivity contribution in [2.24, 2.45) is 5.41 Å². The van der Waals surface area contributed by atoms with Crippen LogP contribution in [-0.2, 0) is 4.79 Å². The minimum Gasteiger partial charge on any atom is -0.301 e. The van der Waals surface area contributed by atoms with Crippen LogP contribution in [0.2, 0.25) is 0 Å². The number of piperidine rings is 1. The van der Waals surface area contributed by atoms with Gasteiger partial charge in [0.15, 0.2) is 0 Å². The molecule has 1 saturated heterocycles. The van der Waals surface area contributed by atoms with Crippen LogP contribution < -0.4 is 0 Å². The van der Waals surface area contributed by atoms with Crippen molar-refractivity contribution in [2.75, 3.05) is 13.1 Å². The molecule has 0 N–H and O–H groups in total. The van der Waals surface area contributed by atoms with Crippen molar-refractivity contribution < 1.29 is 4.79 Å². The average Bonchev–Trinajstić information content (AvgIpc) is 2.19. The van der Waals surface area contributed by atoms with E-state index in [0.29, 0.717) is 5.41 Å². The van der Waals surface area contributed by atoms with Crippen molar-refractivity contribution in [3.63, 3.8) is 0 Å². The molecule has 0 aromatic heterocycles. The number of carbonyl (C=O) groups excluding carboxylic acids is 1. The van der Waals surface area contributed by atoms with Crippen LogP contribution in [0.15, 0.2) is 0 Å². The van der Waals surface area contributed by atoms with Crippen LogP contribution in [0.5, 0.6) is 0 Å². The summed E-state index contributed by atoms with van der Waals surface area (Å²) >= 11 is 0. The lowest BCUT2D eigenvalue weighted by Gasteiger charge is -2.44. The van der Waals surface area contributed by atoms with E-state index in [9.17, 15) is 4.79 Å². The number of rotatable bonds is 3. The minimum absolute atomic E-state index is 0.269. The van der Waals surface area contributed by atoms with Gasteiger partial charge in [-0.05, 0) is 45.2 Å². The topological polar surface area (TPSA) is 20.3 Å². The van der Waals surface area contributed by atoms with E-state index < -0.39 is 0 Å². The van der Waals surface area contributed by atoms with Gasteiger partial charge in [-0.15, -0.1) is 0 Å². The first-order valence-corrected chi connectivity index (χ1v) is 5.65. The van der Waals surface area contributed by atoms with Crippen LogP contribution in [0.3, 0.4) is 0 Å². The summed E-state index contributed by atoms with van der Waals surface area (Å²) < 4.78 is 0. The molecule has 14 heavy (non-hydrogen) atoms. The van der Waals surface area contributed by atoms with Crippen LogP contribution in [0.25, 0.3) is 0 Å². The van der Waals surface area contributed by atoms with Crippen molar-refractivity contribution in [3.05, 3.63) is 0 Å². The third kappa shape index (κ3) is 2.35. The summed E-state index contributed by atoms with van der Waals surface area (Å²) in [7, 11) is 0. The van der Waals surface area contributed by atoms with E-state index in [1.165, 1.54) is 19.3 Å². The molecule has 0 aromatic rings. The second-order valence-corrected chi connectivity index (χ2v) is 5.42. The smallest absolute Gasteiger partial charge is 0.139 e. The molecular formula is C12H23NO. The highest BCUT2D eigenvalue weighted by atomic mass is 16.1. The van der Waals surface area contributed by atoms with Crippen LogP contribution in [0.1, 0.15) is 47.0 Å². The largest absolute Gasteiger partial charge is 0.301 e. The van der Waals surface area contributed by atoms with Gasteiger partial charge in [0.25, 0.3) is 0 Å². The van der Waals surface area contributed by atoms with E-state index in [1.54, 1.807) is 0 Å². The molecule has 82 valence electrons. The zero-order chi connectivity index (χ0) is 10.8. The number of carbonyl (C=O) groups is 1. The number of nitrogens with zero attached hydrogens (tertiary/aromatic N) is 1. The lowest BCUT2D eigenvalue weighted by atomic mass is 9.77. The van der Waals surface area contributed by atoms with Crippen LogP contribution >= 0.6 is 0 Å². The van der Waals surface area contributed by atoms with Crippen LogP contribution in [0.4, 0.5) is 0 Å². The summed E-state index contributed by atoms with van der Waals surface area (Å²) in [5, 5.41) is 0. The Bertz CT molecular complexity index is 202. The lowest BCUT2D eigenvalue weighted by Crippen LogP contribution is -2.50. The average molecular weight is 197 g/mol. The highest BCUT2D eigenvalue weighted by Gasteiger charge is 2.34. The Hall–Kier alpha value is -0.370. The molecule has 0 radical (unpaired) electrons. The van der Waals surface area contributed by atoms with Crippen LogP contribution in [-0.4, -0.2) is 29.8 Å². The molecule has 1 aliphatic rings. The Kier molecular flexibility index (Phi) is 3.36. The summed E-state index contributed by atoms with van der Waals surface area (Å²) in [6.45, 7) is 10.8. The van der Waals surface area contributed by atoms with E-state index in [2.05, 4.69) is 18.7 Å². The van der Waals surface area contributed by atoms with Gasteiger partial charge in [-0.2, -0.15) is 0 Å². The predicted molar refractivity (Wildman–Crippen MR) is 59.3 cm³/mol. The fourth-order valence-electron chi connectivity index (χ4n) is 2.05. The Morgan fingerprint density at radius 1 is 1.36 bits per heavy atom. The maximum absolute atomic E-state index is 10.9. The van der Waals surface area contributed by atoms with Gasteiger partial charge in [-0.1, -0.05) is 20.3 Å². The highest BCUT2D eigenvalue weighted by molar-refractivity contribution is 5.62. The third-order valence-corrected chi connectivity index (χ3v) is 3.93. The molecule has 1 aliphatic heterocycles. The molecule has 1 heterocycles. The lowest BCUT2D eigenvalue weighted by molar-refractivity contribution is -0.118. The van der Waals surface area contributed by atoms with Crippen molar-refractivity contribution in [1.29, 1.82) is 0 Å². The first kappa shape index (κ1) is 11.7. The van der Waals surface area contributed by atoms with Gasteiger partial charge < -0.3 is 4.79 Å². The van der Waals surface area contributed by atoms with Gasteiger partial charge in [-0.25, -0.2) is 0 Å². The molecule has 0 saturated carbocycles. The molecule has 0 aliphatic carbocycles. The Labute approximate surface area is 87.7 Å². The maximum Gasteiger partial charge on any atom is 0.139 e. The second-order valence-electron chi connectivity index (χ2n) is 5.42. The summed E-state index contributed by atoms with van der Waals surface area (Å²) in [6, 6.07) is 0. The predicted octanol–water partition coefficient (Wildman–Crippen LogP) is 2.48. The number of hydrogen-bond acceptors (Lipinski definition) is 2. The van der Waals surface area contributed by atoms with E-state index >= 15 is 0 Å². The van der Waals surface area contributed by atoms with Crippen molar-refractivity contribution in [3.8, 4) is 0 Å². The molecule has 0 spiro atoms. The summed E-state index contributed by atoms with van der Waals surface area (Å²) in [5.41, 5.74) is 0.241. The Morgan fingerprint density at radius 3 is 2.21 bits per heavy atom. The summed E-state index contributed by atoms with van der Waals surface area (Å²) in [5.74, 6) is 0. The maximum atomic E-state index is 10.9. The quantitative estimate of drug-likeness (QED) is 0.648. The number of aldehydes is 1. The first-order chi connectivity index (χ1) is 6.43. The van der Waals surface area contributed by atoms with Gasteiger partial charge in [0.2, 0.25) is 0 Å². The Morgan fingerprint density at radius 2 is 1.86 bits per heavy atom. The fourth-order valence-corrected chi connectivity index (χ4v) is 2.05. The normalized spacial score (nSPS) is 23.4. The third-order valence-electron chi connectivity index (χ3n) is 3.93. The van der Waals surface area contributed by atoms with Crippen molar-refractivity contribution in [1.82, 2.24) is 4.90 Å². The molecule has 0 amide bonds. The second kappa shape index (κ2) is 4.01. The van der Waals surface area contributed by atoms with Crippen molar-refractivity contribution >= 4 is 6.29 Å². The zero-order valence-corrected chi connectivity index (χ0v) is 9.97. The SMILES string of the molecule is CCC1(C)CCN(C(C)(C)C=O)CC1. The van der Waals surface area contributed by atoms with E-state index in [0.717, 1.165) is 19.4 Å². The Balaban J connectivity index is 2.55. The van der Waals surface area contributed by atoms with E-state index in [-0.39, 0.29) is 5.54 Å². The molecular weight excluding hydrogens is 174 g/mol. The zero-order valence-electron chi connectivity index (χ0n) is 9.97. The molecule has 2 heteroatoms. The molecule has 2 nitrogen and oxygen atoms in total. The fraction of sp³-hybridized carbons (Fsp3) is 0.917. The van der Waals surface area contributed by atoms with Crippen molar-refractivity contribution in [2.45, 2.75) is 52.5 Å². The van der Waals surface area contributed by atoms with E-state index in [4.69, 9.17) is 0 Å². The first-order valence-electron chi connectivity index (χ1n) is 5.65. The molecule has 1 rings (SSSR count). The van der Waals surface area contributed by atoms with E-state index in [1.807, 2.05) is 13.8 Å². The van der Waals surface area contributed by atoms with Gasteiger partial charge in [0, 0.05) is 0 Å². The standard InChI is InChI=1S/C12H23NO/c1-5-12(4)6-8-13(9-7-12)11(2,3)10-14/h10H,5-9H2,1-4H3. The van der Waals surface area contributed by atoms with Crippen LogP contribution in [0, 0.1) is 5.41 Å². The summed E-state index contributed by atoms with van der Waals surface area (Å²) in [6.07, 6.45) is 4.77. The molecule has 0 unspecified atom stereocenters. The molecule has 0 atom stereocenters. The molecule has 0 aromatic carbocycles. The monoisotopic (exact) mass is 197 g/mol. The number of hydrogen-bond donors (Lipinski definition) is 0. The van der Waals surface area contributed by atoms with Gasteiger partial charge in [0.05, 0.1) is 5.54 Å². The van der Waals surface area contributed by atoms with Gasteiger partial charge in [-0.3, -0.25) is 4.90 Å². The molecule has 1 fully saturated rings. The molecule has 0 bridgehead atoms. The van der Waals surface area contributed by atoms with Gasteiger partial charge >= 0.3 is 0 Å². The van der Waals surface area contributed by atoms with Gasteiger partial charge in [0.1, 0.15) is 6.29 Å².